The number of ether oxygens (including phenoxy) is 1. The van der Waals surface area contributed by atoms with Crippen molar-refractivity contribution < 1.29 is 14.3 Å². The highest BCUT2D eigenvalue weighted by Gasteiger charge is 2.04. The van der Waals surface area contributed by atoms with E-state index in [4.69, 9.17) is 0 Å². The van der Waals surface area contributed by atoms with Gasteiger partial charge in [0.15, 0.2) is 0 Å². The van der Waals surface area contributed by atoms with Gasteiger partial charge in [-0.05, 0) is 30.7 Å². The van der Waals surface area contributed by atoms with Gasteiger partial charge in [-0.2, -0.15) is 0 Å². The Hall–Kier alpha value is -1.49. The molecule has 0 saturated heterocycles. The third-order valence-corrected chi connectivity index (χ3v) is 4.22. The molecule has 122 valence electrons. The zero-order valence-electron chi connectivity index (χ0n) is 13.4. The van der Waals surface area contributed by atoms with Crippen molar-refractivity contribution in [2.24, 2.45) is 0 Å². The van der Waals surface area contributed by atoms with E-state index >= 15 is 0 Å². The van der Waals surface area contributed by atoms with Gasteiger partial charge in [0.05, 0.1) is 12.9 Å². The molecule has 0 radical (unpaired) electrons. The van der Waals surface area contributed by atoms with E-state index in [-0.39, 0.29) is 11.9 Å². The van der Waals surface area contributed by atoms with Gasteiger partial charge >= 0.3 is 5.97 Å². The lowest BCUT2D eigenvalue weighted by molar-refractivity contribution is -0.137. The van der Waals surface area contributed by atoms with Crippen LogP contribution in [0.15, 0.2) is 29.2 Å². The highest BCUT2D eigenvalue weighted by molar-refractivity contribution is 8.00. The van der Waals surface area contributed by atoms with Crippen LogP contribution in [0.3, 0.4) is 0 Å². The first-order valence-corrected chi connectivity index (χ1v) is 8.73. The second kappa shape index (κ2) is 11.1. The Balaban J connectivity index is 2.28. The second-order valence-corrected chi connectivity index (χ2v) is 6.15. The molecule has 0 saturated carbocycles. The summed E-state index contributed by atoms with van der Waals surface area (Å²) in [5.41, 5.74) is 0.793. The van der Waals surface area contributed by atoms with Crippen LogP contribution in [0.25, 0.3) is 0 Å². The number of carbonyl (C=O) groups excluding carboxylic acids is 2. The van der Waals surface area contributed by atoms with Gasteiger partial charge in [-0.3, -0.25) is 9.59 Å². The van der Waals surface area contributed by atoms with E-state index in [0.29, 0.717) is 12.2 Å². The molecule has 1 aromatic rings. The summed E-state index contributed by atoms with van der Waals surface area (Å²) >= 11 is 1.41. The monoisotopic (exact) mass is 323 g/mol. The molecule has 0 aliphatic rings. The average molecular weight is 323 g/mol. The van der Waals surface area contributed by atoms with Crippen molar-refractivity contribution in [1.82, 2.24) is 0 Å². The number of methoxy groups -OCH3 is 1. The van der Waals surface area contributed by atoms with Gasteiger partial charge in [-0.1, -0.05) is 32.6 Å². The molecule has 0 aliphatic heterocycles. The number of benzene rings is 1. The Kier molecular flexibility index (Phi) is 9.39. The molecule has 1 N–H and O–H groups in total. The van der Waals surface area contributed by atoms with Gasteiger partial charge < -0.3 is 10.1 Å². The largest absolute Gasteiger partial charge is 0.468 e. The van der Waals surface area contributed by atoms with E-state index in [1.807, 2.05) is 24.3 Å². The van der Waals surface area contributed by atoms with Crippen molar-refractivity contribution >= 4 is 29.3 Å². The highest BCUT2D eigenvalue weighted by Crippen LogP contribution is 2.20. The molecule has 0 atom stereocenters. The molecular formula is C17H25NO3S. The highest BCUT2D eigenvalue weighted by atomic mass is 32.2. The zero-order valence-corrected chi connectivity index (χ0v) is 14.2. The molecule has 1 aromatic carbocycles. The number of hydrogen-bond acceptors (Lipinski definition) is 4. The number of rotatable bonds is 10. The van der Waals surface area contributed by atoms with Gasteiger partial charge in [-0.15, -0.1) is 11.8 Å². The van der Waals surface area contributed by atoms with Crippen LogP contribution in [0, 0.1) is 0 Å². The fourth-order valence-corrected chi connectivity index (χ4v) is 2.68. The molecule has 0 bridgehead atoms. The molecule has 0 heterocycles. The molecule has 4 nitrogen and oxygen atoms in total. The van der Waals surface area contributed by atoms with Gasteiger partial charge in [-0.25, -0.2) is 0 Å². The third-order valence-electron chi connectivity index (χ3n) is 3.23. The zero-order chi connectivity index (χ0) is 16.2. The molecule has 22 heavy (non-hydrogen) atoms. The summed E-state index contributed by atoms with van der Waals surface area (Å²) in [6, 6.07) is 7.50. The van der Waals surface area contributed by atoms with Crippen LogP contribution in [0.4, 0.5) is 5.69 Å². The SMILES string of the molecule is CCCCCCCC(=O)Nc1ccc(SCC(=O)OC)cc1. The number of hydrogen-bond donors (Lipinski definition) is 1. The van der Waals surface area contributed by atoms with Gasteiger partial charge in [0.1, 0.15) is 0 Å². The van der Waals surface area contributed by atoms with Crippen LogP contribution in [0.5, 0.6) is 0 Å². The Morgan fingerprint density at radius 1 is 1.09 bits per heavy atom. The van der Waals surface area contributed by atoms with Crippen molar-refractivity contribution in [2.75, 3.05) is 18.2 Å². The molecule has 0 fully saturated rings. The van der Waals surface area contributed by atoms with E-state index < -0.39 is 0 Å². The second-order valence-electron chi connectivity index (χ2n) is 5.10. The van der Waals surface area contributed by atoms with Crippen molar-refractivity contribution in [3.8, 4) is 0 Å². The first-order chi connectivity index (χ1) is 10.7. The first kappa shape index (κ1) is 18.6. The maximum Gasteiger partial charge on any atom is 0.315 e. The van der Waals surface area contributed by atoms with Crippen LogP contribution in [-0.4, -0.2) is 24.7 Å². The number of unbranched alkanes of at least 4 members (excludes halogenated alkanes) is 4. The normalized spacial score (nSPS) is 10.3. The van der Waals surface area contributed by atoms with Crippen LogP contribution >= 0.6 is 11.8 Å². The van der Waals surface area contributed by atoms with Gasteiger partial charge in [0.2, 0.25) is 5.91 Å². The van der Waals surface area contributed by atoms with E-state index in [1.165, 1.54) is 38.1 Å². The fraction of sp³-hybridized carbons (Fsp3) is 0.529. The maximum absolute atomic E-state index is 11.8. The Bertz CT molecular complexity index is 459. The standard InChI is InChI=1S/C17H25NO3S/c1-3-4-5-6-7-8-16(19)18-14-9-11-15(12-10-14)22-13-17(20)21-2/h9-12H,3-8,13H2,1-2H3,(H,18,19). The minimum Gasteiger partial charge on any atom is -0.468 e. The van der Waals surface area contributed by atoms with Crippen molar-refractivity contribution in [2.45, 2.75) is 50.3 Å². The van der Waals surface area contributed by atoms with Crippen molar-refractivity contribution in [1.29, 1.82) is 0 Å². The van der Waals surface area contributed by atoms with Crippen LogP contribution in [0.1, 0.15) is 45.4 Å². The predicted molar refractivity (Wildman–Crippen MR) is 91.2 cm³/mol. The predicted octanol–water partition coefficient (Wildman–Crippen LogP) is 4.25. The molecule has 1 rings (SSSR count). The lowest BCUT2D eigenvalue weighted by Crippen LogP contribution is -2.10. The third kappa shape index (κ3) is 8.08. The number of amides is 1. The molecule has 5 heteroatoms. The number of thioether (sulfide) groups is 1. The van der Waals surface area contributed by atoms with E-state index in [0.717, 1.165) is 23.4 Å². The lowest BCUT2D eigenvalue weighted by Gasteiger charge is -2.06. The lowest BCUT2D eigenvalue weighted by atomic mass is 10.1. The number of nitrogens with one attached hydrogen (secondary N) is 1. The Morgan fingerprint density at radius 2 is 1.77 bits per heavy atom. The minimum absolute atomic E-state index is 0.0615. The summed E-state index contributed by atoms with van der Waals surface area (Å²) in [5.74, 6) is 0.108. The van der Waals surface area contributed by atoms with Crippen molar-refractivity contribution in [3.05, 3.63) is 24.3 Å². The molecule has 0 aromatic heterocycles. The Morgan fingerprint density at radius 3 is 2.41 bits per heavy atom. The Labute approximate surface area is 137 Å². The topological polar surface area (TPSA) is 55.4 Å². The first-order valence-electron chi connectivity index (χ1n) is 7.75. The van der Waals surface area contributed by atoms with Gasteiger partial charge in [0.25, 0.3) is 0 Å². The van der Waals surface area contributed by atoms with E-state index in [9.17, 15) is 9.59 Å². The van der Waals surface area contributed by atoms with E-state index in [2.05, 4.69) is 17.0 Å². The molecular weight excluding hydrogens is 298 g/mol. The fourth-order valence-electron chi connectivity index (χ4n) is 1.95. The van der Waals surface area contributed by atoms with Gasteiger partial charge in [0, 0.05) is 17.0 Å². The minimum atomic E-state index is -0.245. The number of anilines is 1. The van der Waals surface area contributed by atoms with E-state index in [1.54, 1.807) is 0 Å². The quantitative estimate of drug-likeness (QED) is 0.397. The molecule has 0 aliphatic carbocycles. The molecule has 0 unspecified atom stereocenters. The summed E-state index contributed by atoms with van der Waals surface area (Å²) in [6.07, 6.45) is 6.29. The summed E-state index contributed by atoms with van der Waals surface area (Å²) in [5, 5.41) is 2.90. The number of carbonyl (C=O) groups is 2. The van der Waals surface area contributed by atoms with Crippen molar-refractivity contribution in [3.63, 3.8) is 0 Å². The summed E-state index contributed by atoms with van der Waals surface area (Å²) in [7, 11) is 1.38. The number of esters is 1. The summed E-state index contributed by atoms with van der Waals surface area (Å²) in [6.45, 7) is 2.18. The summed E-state index contributed by atoms with van der Waals surface area (Å²) in [4.78, 5) is 23.8. The smallest absolute Gasteiger partial charge is 0.315 e. The maximum atomic E-state index is 11.8. The average Bonchev–Trinajstić information content (AvgIpc) is 2.53. The van der Waals surface area contributed by atoms with Crippen LogP contribution in [-0.2, 0) is 14.3 Å². The molecule has 1 amide bonds. The van der Waals surface area contributed by atoms with Crippen LogP contribution in [0.2, 0.25) is 0 Å². The molecule has 0 spiro atoms. The summed E-state index contributed by atoms with van der Waals surface area (Å²) < 4.78 is 4.59. The van der Waals surface area contributed by atoms with Crippen LogP contribution < -0.4 is 5.32 Å².